The van der Waals surface area contributed by atoms with Gasteiger partial charge in [-0.05, 0) is 55.9 Å². The maximum Gasteiger partial charge on any atom is 0.233 e. The van der Waals surface area contributed by atoms with E-state index in [4.69, 9.17) is 4.74 Å². The zero-order chi connectivity index (χ0) is 23.2. The van der Waals surface area contributed by atoms with Gasteiger partial charge >= 0.3 is 0 Å². The Labute approximate surface area is 198 Å². The van der Waals surface area contributed by atoms with E-state index in [2.05, 4.69) is 17.1 Å². The van der Waals surface area contributed by atoms with Crippen molar-refractivity contribution in [3.63, 3.8) is 0 Å². The normalized spacial score (nSPS) is 18.2. The van der Waals surface area contributed by atoms with Crippen molar-refractivity contribution in [2.45, 2.75) is 50.4 Å². The van der Waals surface area contributed by atoms with Crippen LogP contribution in [0.2, 0.25) is 0 Å². The van der Waals surface area contributed by atoms with Crippen LogP contribution in [0.3, 0.4) is 0 Å². The number of carbonyl (C=O) groups excluding carboxylic acids is 1. The van der Waals surface area contributed by atoms with Crippen molar-refractivity contribution < 1.29 is 13.9 Å². The molecule has 1 amide bonds. The lowest BCUT2D eigenvalue weighted by Crippen LogP contribution is -2.40. The number of benzene rings is 2. The number of nitrogens with zero attached hydrogens (tertiary/aromatic N) is 4. The number of thioether (sulfide) groups is 1. The number of aromatic nitrogens is 3. The molecule has 1 fully saturated rings. The number of hydrogen-bond acceptors (Lipinski definition) is 5. The van der Waals surface area contributed by atoms with E-state index in [9.17, 15) is 9.18 Å². The minimum atomic E-state index is -0.427. The molecule has 1 aliphatic carbocycles. The fraction of sp³-hybridized carbons (Fsp3) is 0.400. The molecule has 6 nitrogen and oxygen atoms in total. The summed E-state index contributed by atoms with van der Waals surface area (Å²) in [5.41, 5.74) is 0.860. The first-order chi connectivity index (χ1) is 16.0. The number of halogens is 1. The summed E-state index contributed by atoms with van der Waals surface area (Å²) in [6.45, 7) is 2.33. The molecule has 4 rings (SSSR count). The van der Waals surface area contributed by atoms with Crippen LogP contribution in [-0.4, -0.2) is 44.4 Å². The predicted molar refractivity (Wildman–Crippen MR) is 127 cm³/mol. The zero-order valence-electron chi connectivity index (χ0n) is 19.0. The van der Waals surface area contributed by atoms with Gasteiger partial charge in [-0.3, -0.25) is 9.36 Å². The monoisotopic (exact) mass is 468 g/mol. The molecule has 0 bridgehead atoms. The van der Waals surface area contributed by atoms with Crippen LogP contribution in [0.4, 0.5) is 4.39 Å². The molecular formula is C25H29FN4O2S. The van der Waals surface area contributed by atoms with E-state index >= 15 is 0 Å². The molecule has 3 aromatic rings. The van der Waals surface area contributed by atoms with Gasteiger partial charge in [-0.2, -0.15) is 0 Å². The predicted octanol–water partition coefficient (Wildman–Crippen LogP) is 5.11. The van der Waals surface area contributed by atoms with Gasteiger partial charge in [0.05, 0.1) is 5.75 Å². The minimum Gasteiger partial charge on any atom is -0.483 e. The van der Waals surface area contributed by atoms with Gasteiger partial charge in [0.15, 0.2) is 22.5 Å². The Balaban J connectivity index is 1.47. The lowest BCUT2D eigenvalue weighted by atomic mass is 9.87. The second-order valence-corrected chi connectivity index (χ2v) is 9.44. The van der Waals surface area contributed by atoms with Crippen LogP contribution in [-0.2, 0) is 11.4 Å². The van der Waals surface area contributed by atoms with E-state index in [0.29, 0.717) is 17.0 Å². The summed E-state index contributed by atoms with van der Waals surface area (Å²) in [5.74, 6) is 1.38. The standard InChI is InChI=1S/C25H29FN4O2S/c1-18-12-14-19(15-13-18)29(2)24(31)17-33-25-28-27-23(30(25)20-8-4-3-5-9-20)16-32-22-11-7-6-10-21(22)26/h3-11,18-19H,12-17H2,1-2H3. The fourth-order valence-electron chi connectivity index (χ4n) is 4.09. The van der Waals surface area contributed by atoms with Gasteiger partial charge in [0, 0.05) is 18.8 Å². The van der Waals surface area contributed by atoms with Crippen molar-refractivity contribution in [1.29, 1.82) is 0 Å². The molecule has 1 heterocycles. The molecule has 1 aromatic heterocycles. The molecule has 8 heteroatoms. The van der Waals surface area contributed by atoms with Crippen molar-refractivity contribution in [1.82, 2.24) is 19.7 Å². The minimum absolute atomic E-state index is 0.0531. The molecule has 174 valence electrons. The number of ether oxygens (including phenoxy) is 1. The molecule has 0 atom stereocenters. The van der Waals surface area contributed by atoms with E-state index < -0.39 is 5.82 Å². The Morgan fingerprint density at radius 2 is 1.79 bits per heavy atom. The number of carbonyl (C=O) groups is 1. The summed E-state index contributed by atoms with van der Waals surface area (Å²) < 4.78 is 21.5. The summed E-state index contributed by atoms with van der Waals surface area (Å²) in [4.78, 5) is 14.8. The molecule has 0 saturated heterocycles. The summed E-state index contributed by atoms with van der Waals surface area (Å²) in [6, 6.07) is 16.2. The van der Waals surface area contributed by atoms with Gasteiger partial charge in [-0.15, -0.1) is 10.2 Å². The van der Waals surface area contributed by atoms with E-state index in [0.717, 1.165) is 24.4 Å². The van der Waals surface area contributed by atoms with E-state index in [1.165, 1.54) is 30.7 Å². The SMILES string of the molecule is CC1CCC(N(C)C(=O)CSc2nnc(COc3ccccc3F)n2-c2ccccc2)CC1. The van der Waals surface area contributed by atoms with Crippen molar-refractivity contribution in [2.75, 3.05) is 12.8 Å². The maximum atomic E-state index is 14.0. The van der Waals surface area contributed by atoms with Gasteiger partial charge in [0.1, 0.15) is 6.61 Å². The highest BCUT2D eigenvalue weighted by atomic mass is 32.2. The van der Waals surface area contributed by atoms with Crippen LogP contribution in [0, 0.1) is 11.7 Å². The number of amides is 1. The average Bonchev–Trinajstić information content (AvgIpc) is 3.25. The van der Waals surface area contributed by atoms with E-state index in [-0.39, 0.29) is 24.0 Å². The van der Waals surface area contributed by atoms with Gasteiger partial charge < -0.3 is 9.64 Å². The highest BCUT2D eigenvalue weighted by molar-refractivity contribution is 7.99. The topological polar surface area (TPSA) is 60.3 Å². The Bertz CT molecular complexity index is 1070. The average molecular weight is 469 g/mol. The molecule has 1 aliphatic rings. The van der Waals surface area contributed by atoms with Crippen LogP contribution in [0.15, 0.2) is 59.8 Å². The molecule has 0 spiro atoms. The van der Waals surface area contributed by atoms with Gasteiger partial charge in [-0.25, -0.2) is 4.39 Å². The van der Waals surface area contributed by atoms with E-state index in [1.807, 2.05) is 46.8 Å². The van der Waals surface area contributed by atoms with E-state index in [1.54, 1.807) is 18.2 Å². The van der Waals surface area contributed by atoms with Crippen LogP contribution in [0.1, 0.15) is 38.4 Å². The Morgan fingerprint density at radius 1 is 1.09 bits per heavy atom. The van der Waals surface area contributed by atoms with Crippen molar-refractivity contribution >= 4 is 17.7 Å². The lowest BCUT2D eigenvalue weighted by Gasteiger charge is -2.33. The molecule has 0 unspecified atom stereocenters. The largest absolute Gasteiger partial charge is 0.483 e. The van der Waals surface area contributed by atoms with Crippen LogP contribution in [0.25, 0.3) is 5.69 Å². The van der Waals surface area contributed by atoms with Gasteiger partial charge in [0.2, 0.25) is 5.91 Å². The fourth-order valence-corrected chi connectivity index (χ4v) is 4.98. The summed E-state index contributed by atoms with van der Waals surface area (Å²) in [7, 11) is 1.90. The smallest absolute Gasteiger partial charge is 0.233 e. The second-order valence-electron chi connectivity index (χ2n) is 8.50. The highest BCUT2D eigenvalue weighted by Gasteiger charge is 2.25. The highest BCUT2D eigenvalue weighted by Crippen LogP contribution is 2.28. The third-order valence-corrected chi connectivity index (χ3v) is 7.07. The van der Waals surface area contributed by atoms with Crippen LogP contribution >= 0.6 is 11.8 Å². The Kier molecular flexibility index (Phi) is 7.65. The summed E-state index contributed by atoms with van der Waals surface area (Å²) >= 11 is 1.36. The molecule has 33 heavy (non-hydrogen) atoms. The molecule has 0 radical (unpaired) electrons. The summed E-state index contributed by atoms with van der Waals surface area (Å²) in [5, 5.41) is 9.19. The molecule has 0 N–H and O–H groups in total. The molecular weight excluding hydrogens is 439 g/mol. The molecule has 2 aromatic carbocycles. The second kappa shape index (κ2) is 10.8. The quantitative estimate of drug-likeness (QED) is 0.430. The third kappa shape index (κ3) is 5.74. The van der Waals surface area contributed by atoms with Crippen molar-refractivity contribution in [3.05, 3.63) is 66.2 Å². The van der Waals surface area contributed by atoms with Gasteiger partial charge in [0.25, 0.3) is 0 Å². The maximum absolute atomic E-state index is 14.0. The number of hydrogen-bond donors (Lipinski definition) is 0. The number of para-hydroxylation sites is 2. The number of rotatable bonds is 8. The van der Waals surface area contributed by atoms with Crippen molar-refractivity contribution in [2.24, 2.45) is 5.92 Å². The Morgan fingerprint density at radius 3 is 2.52 bits per heavy atom. The van der Waals surface area contributed by atoms with Crippen LogP contribution in [0.5, 0.6) is 5.75 Å². The zero-order valence-corrected chi connectivity index (χ0v) is 19.8. The van der Waals surface area contributed by atoms with Gasteiger partial charge in [-0.1, -0.05) is 49.0 Å². The third-order valence-electron chi connectivity index (χ3n) is 6.16. The van der Waals surface area contributed by atoms with Crippen molar-refractivity contribution in [3.8, 4) is 11.4 Å². The Hall–Kier alpha value is -2.87. The molecule has 1 saturated carbocycles. The lowest BCUT2D eigenvalue weighted by molar-refractivity contribution is -0.129. The summed E-state index contributed by atoms with van der Waals surface area (Å²) in [6.07, 6.45) is 4.46. The van der Waals surface area contributed by atoms with Crippen LogP contribution < -0.4 is 4.74 Å². The first-order valence-corrected chi connectivity index (χ1v) is 12.3. The molecule has 0 aliphatic heterocycles. The first kappa shape index (κ1) is 23.3. The first-order valence-electron chi connectivity index (χ1n) is 11.3.